The van der Waals surface area contributed by atoms with Gasteiger partial charge in [-0.1, -0.05) is 42.5 Å². The molecule has 3 aromatic rings. The lowest BCUT2D eigenvalue weighted by molar-refractivity contribution is 0.0983. The van der Waals surface area contributed by atoms with E-state index in [0.29, 0.717) is 12.2 Å². The zero-order valence-corrected chi connectivity index (χ0v) is 16.0. The molecule has 0 fully saturated rings. The Kier molecular flexibility index (Phi) is 5.87. The monoisotopic (exact) mass is 359 g/mol. The highest BCUT2D eigenvalue weighted by Crippen LogP contribution is 2.21. The topological polar surface area (TPSA) is 45.2 Å². The molecular weight excluding hydrogens is 334 g/mol. The Bertz CT molecular complexity index is 891. The fraction of sp³-hybridized carbons (Fsp3) is 0.217. The van der Waals surface area contributed by atoms with Crippen LogP contribution < -0.4 is 10.2 Å². The summed E-state index contributed by atoms with van der Waals surface area (Å²) in [5, 5.41) is 3.42. The van der Waals surface area contributed by atoms with Crippen molar-refractivity contribution < 1.29 is 4.79 Å². The molecule has 3 rings (SSSR count). The van der Waals surface area contributed by atoms with Crippen molar-refractivity contribution in [1.82, 2.24) is 4.98 Å². The molecule has 27 heavy (non-hydrogen) atoms. The fourth-order valence-corrected chi connectivity index (χ4v) is 3.06. The molecule has 0 saturated carbocycles. The van der Waals surface area contributed by atoms with Crippen LogP contribution in [-0.4, -0.2) is 17.4 Å². The molecule has 2 aromatic carbocycles. The molecule has 138 valence electrons. The second-order valence-electron chi connectivity index (χ2n) is 6.60. The SMILES string of the molecule is CCN(C(=O)c1ccc(NC(C)c2ccccc2)cn1)c1cccc(C)c1. The molecule has 0 radical (unpaired) electrons. The van der Waals surface area contributed by atoms with Gasteiger partial charge in [-0.05, 0) is 56.2 Å². The minimum absolute atomic E-state index is 0.0919. The van der Waals surface area contributed by atoms with Crippen LogP contribution in [0.2, 0.25) is 0 Å². The minimum Gasteiger partial charge on any atom is -0.377 e. The number of nitrogens with one attached hydrogen (secondary N) is 1. The molecule has 4 nitrogen and oxygen atoms in total. The third kappa shape index (κ3) is 4.53. The number of rotatable bonds is 6. The van der Waals surface area contributed by atoms with E-state index >= 15 is 0 Å². The first-order valence-corrected chi connectivity index (χ1v) is 9.24. The van der Waals surface area contributed by atoms with Crippen LogP contribution in [0.1, 0.15) is 41.5 Å². The predicted molar refractivity (Wildman–Crippen MR) is 111 cm³/mol. The summed E-state index contributed by atoms with van der Waals surface area (Å²) in [7, 11) is 0. The average molecular weight is 359 g/mol. The van der Waals surface area contributed by atoms with Crippen molar-refractivity contribution >= 4 is 17.3 Å². The normalized spacial score (nSPS) is 11.7. The lowest BCUT2D eigenvalue weighted by Crippen LogP contribution is -2.31. The van der Waals surface area contributed by atoms with Crippen LogP contribution in [0.4, 0.5) is 11.4 Å². The predicted octanol–water partition coefficient (Wildman–Crippen LogP) is 5.23. The van der Waals surface area contributed by atoms with Crippen LogP contribution in [0.15, 0.2) is 72.9 Å². The van der Waals surface area contributed by atoms with Crippen LogP contribution in [-0.2, 0) is 0 Å². The van der Waals surface area contributed by atoms with Crippen LogP contribution in [0.25, 0.3) is 0 Å². The Morgan fingerprint density at radius 3 is 2.48 bits per heavy atom. The number of carbonyl (C=O) groups excluding carboxylic acids is 1. The highest BCUT2D eigenvalue weighted by Gasteiger charge is 2.17. The van der Waals surface area contributed by atoms with Gasteiger partial charge in [-0.2, -0.15) is 0 Å². The zero-order valence-electron chi connectivity index (χ0n) is 16.0. The smallest absolute Gasteiger partial charge is 0.276 e. The number of carbonyl (C=O) groups is 1. The van der Waals surface area contributed by atoms with Crippen molar-refractivity contribution in [2.75, 3.05) is 16.8 Å². The van der Waals surface area contributed by atoms with Gasteiger partial charge in [0.25, 0.3) is 5.91 Å². The summed E-state index contributed by atoms with van der Waals surface area (Å²) in [6.07, 6.45) is 1.72. The second-order valence-corrected chi connectivity index (χ2v) is 6.60. The Labute approximate surface area is 160 Å². The van der Waals surface area contributed by atoms with E-state index in [1.165, 1.54) is 5.56 Å². The van der Waals surface area contributed by atoms with Gasteiger partial charge in [-0.25, -0.2) is 4.98 Å². The van der Waals surface area contributed by atoms with E-state index in [1.807, 2.05) is 62.4 Å². The van der Waals surface area contributed by atoms with Gasteiger partial charge >= 0.3 is 0 Å². The first kappa shape index (κ1) is 18.6. The maximum absolute atomic E-state index is 12.9. The largest absolute Gasteiger partial charge is 0.377 e. The molecule has 0 aliphatic heterocycles. The molecule has 0 aliphatic carbocycles. The third-order valence-electron chi connectivity index (χ3n) is 4.54. The number of anilines is 2. The van der Waals surface area contributed by atoms with Gasteiger partial charge in [0.1, 0.15) is 5.69 Å². The molecule has 4 heteroatoms. The van der Waals surface area contributed by atoms with E-state index in [0.717, 1.165) is 16.9 Å². The van der Waals surface area contributed by atoms with E-state index in [9.17, 15) is 4.79 Å². The molecule has 0 saturated heterocycles. The molecule has 0 bridgehead atoms. The number of pyridine rings is 1. The Hall–Kier alpha value is -3.14. The Morgan fingerprint density at radius 2 is 1.85 bits per heavy atom. The van der Waals surface area contributed by atoms with E-state index in [2.05, 4.69) is 29.4 Å². The van der Waals surface area contributed by atoms with Gasteiger partial charge in [-0.15, -0.1) is 0 Å². The van der Waals surface area contributed by atoms with Gasteiger partial charge in [0.15, 0.2) is 0 Å². The first-order chi connectivity index (χ1) is 13.1. The number of aromatic nitrogens is 1. The molecule has 0 aliphatic rings. The number of nitrogens with zero attached hydrogens (tertiary/aromatic N) is 2. The van der Waals surface area contributed by atoms with E-state index in [-0.39, 0.29) is 11.9 Å². The summed E-state index contributed by atoms with van der Waals surface area (Å²) >= 11 is 0. The number of hydrogen-bond acceptors (Lipinski definition) is 3. The molecule has 1 heterocycles. The number of amides is 1. The average Bonchev–Trinajstić information content (AvgIpc) is 2.70. The van der Waals surface area contributed by atoms with Crippen molar-refractivity contribution in [2.45, 2.75) is 26.8 Å². The fourth-order valence-electron chi connectivity index (χ4n) is 3.06. The second kappa shape index (κ2) is 8.49. The highest BCUT2D eigenvalue weighted by molar-refractivity contribution is 6.04. The molecule has 1 aromatic heterocycles. The quantitative estimate of drug-likeness (QED) is 0.655. The van der Waals surface area contributed by atoms with Crippen molar-refractivity contribution in [1.29, 1.82) is 0 Å². The summed E-state index contributed by atoms with van der Waals surface area (Å²) in [5.74, 6) is -0.0919. The standard InChI is InChI=1S/C23H25N3O/c1-4-26(21-12-8-9-17(2)15-21)23(27)22-14-13-20(16-24-22)25-18(3)19-10-6-5-7-11-19/h5-16,18,25H,4H2,1-3H3. The van der Waals surface area contributed by atoms with Crippen LogP contribution in [0, 0.1) is 6.92 Å². The summed E-state index contributed by atoms with van der Waals surface area (Å²) in [4.78, 5) is 19.0. The Balaban J connectivity index is 1.73. The molecule has 1 amide bonds. The van der Waals surface area contributed by atoms with Gasteiger partial charge in [0.2, 0.25) is 0 Å². The van der Waals surface area contributed by atoms with Crippen LogP contribution in [0.3, 0.4) is 0 Å². The Morgan fingerprint density at radius 1 is 1.07 bits per heavy atom. The summed E-state index contributed by atoms with van der Waals surface area (Å²) in [6.45, 7) is 6.69. The van der Waals surface area contributed by atoms with Gasteiger partial charge in [0.05, 0.1) is 11.9 Å². The van der Waals surface area contributed by atoms with Crippen molar-refractivity contribution in [3.05, 3.63) is 89.7 Å². The molecule has 1 atom stereocenters. The number of aryl methyl sites for hydroxylation is 1. The lowest BCUT2D eigenvalue weighted by atomic mass is 10.1. The van der Waals surface area contributed by atoms with E-state index in [1.54, 1.807) is 17.2 Å². The van der Waals surface area contributed by atoms with Crippen molar-refractivity contribution in [3.63, 3.8) is 0 Å². The molecule has 0 spiro atoms. The van der Waals surface area contributed by atoms with E-state index < -0.39 is 0 Å². The lowest BCUT2D eigenvalue weighted by Gasteiger charge is -2.21. The number of hydrogen-bond donors (Lipinski definition) is 1. The molecular formula is C23H25N3O. The maximum atomic E-state index is 12.9. The van der Waals surface area contributed by atoms with Gasteiger partial charge in [-0.3, -0.25) is 4.79 Å². The van der Waals surface area contributed by atoms with Gasteiger partial charge < -0.3 is 10.2 Å². The summed E-state index contributed by atoms with van der Waals surface area (Å²) in [5.41, 5.74) is 4.55. The number of benzene rings is 2. The summed E-state index contributed by atoms with van der Waals surface area (Å²) < 4.78 is 0. The molecule has 1 unspecified atom stereocenters. The first-order valence-electron chi connectivity index (χ1n) is 9.24. The molecule has 1 N–H and O–H groups in total. The zero-order chi connectivity index (χ0) is 19.2. The van der Waals surface area contributed by atoms with Crippen molar-refractivity contribution in [2.24, 2.45) is 0 Å². The minimum atomic E-state index is -0.0919. The van der Waals surface area contributed by atoms with Gasteiger partial charge in [0, 0.05) is 18.3 Å². The van der Waals surface area contributed by atoms with Crippen LogP contribution in [0.5, 0.6) is 0 Å². The van der Waals surface area contributed by atoms with Crippen LogP contribution >= 0.6 is 0 Å². The summed E-state index contributed by atoms with van der Waals surface area (Å²) in [6, 6.07) is 22.0. The maximum Gasteiger partial charge on any atom is 0.276 e. The van der Waals surface area contributed by atoms with E-state index in [4.69, 9.17) is 0 Å². The third-order valence-corrected chi connectivity index (χ3v) is 4.54. The highest BCUT2D eigenvalue weighted by atomic mass is 16.2. The van der Waals surface area contributed by atoms with Crippen molar-refractivity contribution in [3.8, 4) is 0 Å².